The standard InChI is InChI=1S/C16H27N2Si.2ClH.Ti/c1-11-12(2)14(4)16(13(11)3)19(5,6)18-15-9-7-8-10-17-15;;;/h7-14,16H,1-6H3;2*1H;/q-1;;;+2/p-2. The molecule has 4 atom stereocenters. The quantitative estimate of drug-likeness (QED) is 0.531. The summed E-state index contributed by atoms with van der Waals surface area (Å²) in [6.07, 6.45) is 1.84. The Morgan fingerprint density at radius 1 is 1.00 bits per heavy atom. The average molecular weight is 394 g/mol. The third kappa shape index (κ3) is 4.98. The van der Waals surface area contributed by atoms with Crippen molar-refractivity contribution in [2.75, 3.05) is 0 Å². The molecule has 2 nitrogen and oxygen atoms in total. The molecule has 124 valence electrons. The molecule has 4 unspecified atom stereocenters. The number of rotatable bonds is 3. The zero-order valence-electron chi connectivity index (χ0n) is 14.3. The van der Waals surface area contributed by atoms with Crippen molar-refractivity contribution in [2.24, 2.45) is 23.7 Å². The van der Waals surface area contributed by atoms with Gasteiger partial charge in [0.1, 0.15) is 0 Å². The number of hydrogen-bond donors (Lipinski definition) is 0. The number of hydrogen-bond acceptors (Lipinski definition) is 1. The van der Waals surface area contributed by atoms with E-state index in [1.165, 1.54) is 0 Å². The fourth-order valence-corrected chi connectivity index (χ4v) is 8.22. The summed E-state index contributed by atoms with van der Waals surface area (Å²) in [4.78, 5) is 9.46. The number of nitrogens with zero attached hydrogens (tertiary/aromatic N) is 2. The number of aromatic nitrogens is 1. The Bertz CT molecular complexity index is 433. The van der Waals surface area contributed by atoms with Gasteiger partial charge in [0.15, 0.2) is 0 Å². The molecule has 1 heterocycles. The Balaban J connectivity index is 0.000000745. The molecule has 1 fully saturated rings. The molecular formula is C16H27Cl2N2SiTi-. The second-order valence-electron chi connectivity index (χ2n) is 6.99. The van der Waals surface area contributed by atoms with Crippen LogP contribution < -0.4 is 0 Å². The topological polar surface area (TPSA) is 27.0 Å². The van der Waals surface area contributed by atoms with E-state index in [1.54, 1.807) is 0 Å². The van der Waals surface area contributed by atoms with Crippen LogP contribution in [0, 0.1) is 23.7 Å². The number of pyridine rings is 1. The molecule has 0 bridgehead atoms. The summed E-state index contributed by atoms with van der Waals surface area (Å²) in [5, 5.41) is 0. The SMILES string of the molecule is CC1C(C)C(C)C([Si](C)(C)[N-]c2ccccn2)C1C.[Cl][Ti][Cl]. The third-order valence-corrected chi connectivity index (χ3v) is 8.98. The van der Waals surface area contributed by atoms with Crippen LogP contribution in [-0.2, 0) is 17.0 Å². The molecule has 0 amide bonds. The minimum absolute atomic E-state index is 0.556. The van der Waals surface area contributed by atoms with Crippen molar-refractivity contribution >= 4 is 32.7 Å². The summed E-state index contributed by atoms with van der Waals surface area (Å²) in [7, 11) is 8.12. The summed E-state index contributed by atoms with van der Waals surface area (Å²) in [5.74, 6) is 4.10. The normalized spacial score (nSPS) is 31.2. The third-order valence-electron chi connectivity index (χ3n) is 5.49. The molecule has 0 spiro atoms. The molecule has 1 aliphatic rings. The molecule has 1 aromatic heterocycles. The van der Waals surface area contributed by atoms with Gasteiger partial charge in [0.2, 0.25) is 0 Å². The van der Waals surface area contributed by atoms with Gasteiger partial charge in [-0.25, -0.2) is 0 Å². The van der Waals surface area contributed by atoms with E-state index in [4.69, 9.17) is 23.6 Å². The van der Waals surface area contributed by atoms with Gasteiger partial charge in [0.25, 0.3) is 0 Å². The minimum atomic E-state index is -1.66. The molecule has 22 heavy (non-hydrogen) atoms. The first-order chi connectivity index (χ1) is 10.3. The molecule has 6 heteroatoms. The van der Waals surface area contributed by atoms with Gasteiger partial charge in [-0.3, -0.25) is 0 Å². The fourth-order valence-electron chi connectivity index (χ4n) is 4.17. The molecule has 1 aliphatic carbocycles. The van der Waals surface area contributed by atoms with E-state index in [0.717, 1.165) is 35.0 Å². The molecule has 0 radical (unpaired) electrons. The van der Waals surface area contributed by atoms with Crippen molar-refractivity contribution in [1.29, 1.82) is 0 Å². The predicted molar refractivity (Wildman–Crippen MR) is 96.9 cm³/mol. The van der Waals surface area contributed by atoms with Crippen LogP contribution in [0.2, 0.25) is 18.6 Å². The molecule has 0 aromatic carbocycles. The van der Waals surface area contributed by atoms with Gasteiger partial charge in [0, 0.05) is 0 Å². The van der Waals surface area contributed by atoms with Crippen LogP contribution in [0.1, 0.15) is 27.7 Å². The molecule has 1 aromatic rings. The van der Waals surface area contributed by atoms with Crippen molar-refractivity contribution < 1.29 is 17.0 Å². The van der Waals surface area contributed by atoms with Gasteiger partial charge in [-0.15, -0.1) is 0 Å². The molecule has 0 aliphatic heterocycles. The van der Waals surface area contributed by atoms with Crippen LogP contribution in [-0.4, -0.2) is 13.2 Å². The van der Waals surface area contributed by atoms with Crippen LogP contribution in [0.25, 0.3) is 4.98 Å². The average Bonchev–Trinajstić information content (AvgIpc) is 2.65. The van der Waals surface area contributed by atoms with Crippen LogP contribution in [0.3, 0.4) is 0 Å². The van der Waals surface area contributed by atoms with Crippen LogP contribution in [0.5, 0.6) is 0 Å². The van der Waals surface area contributed by atoms with E-state index in [-0.39, 0.29) is 0 Å². The summed E-state index contributed by atoms with van der Waals surface area (Å²) >= 11 is -0.556. The first kappa shape index (κ1) is 20.5. The van der Waals surface area contributed by atoms with Gasteiger partial charge in [-0.2, -0.15) is 0 Å². The van der Waals surface area contributed by atoms with Gasteiger partial charge in [-0.1, -0.05) is 71.0 Å². The Hall–Kier alpha value is 0.461. The predicted octanol–water partition coefficient (Wildman–Crippen LogP) is 6.60. The second kappa shape index (κ2) is 9.08. The van der Waals surface area contributed by atoms with E-state index < -0.39 is 25.3 Å². The zero-order valence-corrected chi connectivity index (χ0v) is 18.4. The van der Waals surface area contributed by atoms with Crippen LogP contribution in [0.15, 0.2) is 24.4 Å². The fraction of sp³-hybridized carbons (Fsp3) is 0.688. The van der Waals surface area contributed by atoms with Gasteiger partial charge < -0.3 is 9.97 Å². The number of halogens is 2. The maximum absolute atomic E-state index is 5.07. The van der Waals surface area contributed by atoms with Gasteiger partial charge in [0.05, 0.1) is 8.24 Å². The van der Waals surface area contributed by atoms with Crippen molar-refractivity contribution in [3.05, 3.63) is 29.4 Å². The summed E-state index contributed by atoms with van der Waals surface area (Å²) in [5.41, 5.74) is 0.763. The second-order valence-corrected chi connectivity index (χ2v) is 13.8. The van der Waals surface area contributed by atoms with Crippen LogP contribution >= 0.6 is 18.6 Å². The molecular weight excluding hydrogens is 367 g/mol. The van der Waals surface area contributed by atoms with E-state index in [1.807, 2.05) is 24.4 Å². The molecule has 2 rings (SSSR count). The van der Waals surface area contributed by atoms with Crippen molar-refractivity contribution in [3.63, 3.8) is 0 Å². The molecule has 1 saturated carbocycles. The first-order valence-corrected chi connectivity index (χ1v) is 15.2. The van der Waals surface area contributed by atoms with Crippen molar-refractivity contribution in [2.45, 2.75) is 46.3 Å². The van der Waals surface area contributed by atoms with Gasteiger partial charge >= 0.3 is 35.6 Å². The van der Waals surface area contributed by atoms with Crippen molar-refractivity contribution in [1.82, 2.24) is 4.98 Å². The van der Waals surface area contributed by atoms with E-state index in [9.17, 15) is 0 Å². The Labute approximate surface area is 153 Å². The summed E-state index contributed by atoms with van der Waals surface area (Å²) in [6.45, 7) is 14.5. The Kier molecular flexibility index (Phi) is 8.46. The maximum atomic E-state index is 5.07. The zero-order chi connectivity index (χ0) is 16.9. The summed E-state index contributed by atoms with van der Waals surface area (Å²) < 4.78 is 0. The van der Waals surface area contributed by atoms with Crippen LogP contribution in [0.4, 0.5) is 5.82 Å². The van der Waals surface area contributed by atoms with E-state index in [2.05, 4.69) is 45.8 Å². The van der Waals surface area contributed by atoms with E-state index >= 15 is 0 Å². The monoisotopic (exact) mass is 393 g/mol. The molecule has 0 N–H and O–H groups in total. The van der Waals surface area contributed by atoms with Gasteiger partial charge in [-0.05, 0) is 29.2 Å². The first-order valence-electron chi connectivity index (χ1n) is 7.86. The van der Waals surface area contributed by atoms with E-state index in [0.29, 0.717) is 0 Å². The Morgan fingerprint density at radius 3 is 1.91 bits per heavy atom. The van der Waals surface area contributed by atoms with Crippen molar-refractivity contribution in [3.8, 4) is 0 Å². The summed E-state index contributed by atoms with van der Waals surface area (Å²) in [6, 6.07) is 6.02. The Morgan fingerprint density at radius 2 is 1.50 bits per heavy atom. The molecule has 0 saturated heterocycles.